The normalized spacial score (nSPS) is 15.1. The molecule has 0 N–H and O–H groups in total. The van der Waals surface area contributed by atoms with Crippen molar-refractivity contribution in [2.75, 3.05) is 6.61 Å². The van der Waals surface area contributed by atoms with Crippen molar-refractivity contribution in [3.8, 4) is 17.1 Å². The quantitative estimate of drug-likeness (QED) is 0.476. The molecule has 0 saturated heterocycles. The largest absolute Gasteiger partial charge is 0.494 e. The molecule has 2 aromatic carbocycles. The highest BCUT2D eigenvalue weighted by Gasteiger charge is 2.22. The number of hydrogen-bond acceptors (Lipinski definition) is 4. The Labute approximate surface area is 159 Å². The first kappa shape index (κ1) is 17.7. The molecular weight excluding hydrogens is 338 g/mol. The van der Waals surface area contributed by atoms with Gasteiger partial charge in [0.25, 0.3) is 0 Å². The van der Waals surface area contributed by atoms with Crippen LogP contribution in [0.15, 0.2) is 47.6 Å². The Morgan fingerprint density at radius 2 is 1.89 bits per heavy atom. The minimum Gasteiger partial charge on any atom is -0.494 e. The SMILES string of the molecule is CCCOc1ccc(-c2nc3cc(N=O)ccc3n2C2CCCCC2)cc1. The van der Waals surface area contributed by atoms with Gasteiger partial charge < -0.3 is 9.30 Å². The van der Waals surface area contributed by atoms with Crippen molar-refractivity contribution in [1.29, 1.82) is 0 Å². The molecular formula is C22H25N3O2. The van der Waals surface area contributed by atoms with Crippen LogP contribution in [0.4, 0.5) is 5.69 Å². The molecule has 140 valence electrons. The molecule has 1 aromatic heterocycles. The first-order valence-electron chi connectivity index (χ1n) is 9.88. The van der Waals surface area contributed by atoms with Crippen molar-refractivity contribution in [2.45, 2.75) is 51.5 Å². The molecule has 5 heteroatoms. The lowest BCUT2D eigenvalue weighted by Gasteiger charge is -2.25. The molecule has 0 amide bonds. The number of nitrogens with zero attached hydrogens (tertiary/aromatic N) is 3. The molecule has 5 nitrogen and oxygen atoms in total. The van der Waals surface area contributed by atoms with E-state index >= 15 is 0 Å². The van der Waals surface area contributed by atoms with E-state index in [4.69, 9.17) is 9.72 Å². The van der Waals surface area contributed by atoms with E-state index in [1.807, 2.05) is 18.2 Å². The minimum absolute atomic E-state index is 0.422. The number of nitroso groups, excluding NO2 is 1. The molecule has 1 aliphatic rings. The summed E-state index contributed by atoms with van der Waals surface area (Å²) in [5.74, 6) is 1.84. The van der Waals surface area contributed by atoms with Gasteiger partial charge in [-0.2, -0.15) is 0 Å². The zero-order valence-corrected chi connectivity index (χ0v) is 15.7. The van der Waals surface area contributed by atoms with Crippen LogP contribution in [0.2, 0.25) is 0 Å². The van der Waals surface area contributed by atoms with Gasteiger partial charge in [0, 0.05) is 11.6 Å². The Hall–Kier alpha value is -2.69. The summed E-state index contributed by atoms with van der Waals surface area (Å²) in [5.41, 5.74) is 3.40. The molecule has 0 atom stereocenters. The Kier molecular flexibility index (Phi) is 5.19. The van der Waals surface area contributed by atoms with E-state index in [-0.39, 0.29) is 0 Å². The van der Waals surface area contributed by atoms with E-state index in [1.165, 1.54) is 32.1 Å². The molecule has 3 aromatic rings. The Morgan fingerprint density at radius 3 is 2.59 bits per heavy atom. The van der Waals surface area contributed by atoms with Crippen molar-refractivity contribution in [3.63, 3.8) is 0 Å². The van der Waals surface area contributed by atoms with Crippen LogP contribution in [-0.2, 0) is 0 Å². The van der Waals surface area contributed by atoms with Gasteiger partial charge in [0.2, 0.25) is 0 Å². The number of aromatic nitrogens is 2. The van der Waals surface area contributed by atoms with Crippen LogP contribution in [0.1, 0.15) is 51.5 Å². The van der Waals surface area contributed by atoms with E-state index in [2.05, 4.69) is 28.8 Å². The number of fused-ring (bicyclic) bond motifs is 1. The molecule has 0 bridgehead atoms. The second kappa shape index (κ2) is 7.91. The Balaban J connectivity index is 1.79. The number of imidazole rings is 1. The molecule has 1 saturated carbocycles. The summed E-state index contributed by atoms with van der Waals surface area (Å²) < 4.78 is 8.07. The first-order valence-corrected chi connectivity index (χ1v) is 9.88. The van der Waals surface area contributed by atoms with Gasteiger partial charge in [0.05, 0.1) is 17.6 Å². The fourth-order valence-electron chi connectivity index (χ4n) is 3.98. The van der Waals surface area contributed by atoms with Crippen LogP contribution in [0.25, 0.3) is 22.4 Å². The van der Waals surface area contributed by atoms with Gasteiger partial charge in [-0.25, -0.2) is 4.98 Å². The lowest BCUT2D eigenvalue weighted by molar-refractivity contribution is 0.317. The molecule has 27 heavy (non-hydrogen) atoms. The minimum atomic E-state index is 0.422. The summed E-state index contributed by atoms with van der Waals surface area (Å²) in [4.78, 5) is 15.8. The fraction of sp³-hybridized carbons (Fsp3) is 0.409. The summed E-state index contributed by atoms with van der Waals surface area (Å²) in [7, 11) is 0. The van der Waals surface area contributed by atoms with Gasteiger partial charge in [0.1, 0.15) is 17.3 Å². The van der Waals surface area contributed by atoms with Crippen LogP contribution in [0, 0.1) is 4.91 Å². The van der Waals surface area contributed by atoms with Crippen molar-refractivity contribution < 1.29 is 4.74 Å². The second-order valence-corrected chi connectivity index (χ2v) is 7.23. The summed E-state index contributed by atoms with van der Waals surface area (Å²) in [6.45, 7) is 2.82. The lowest BCUT2D eigenvalue weighted by atomic mass is 9.95. The zero-order chi connectivity index (χ0) is 18.6. The number of ether oxygens (including phenoxy) is 1. The van der Waals surface area contributed by atoms with Crippen molar-refractivity contribution >= 4 is 16.7 Å². The topological polar surface area (TPSA) is 56.5 Å². The molecule has 0 radical (unpaired) electrons. The number of rotatable bonds is 6. The van der Waals surface area contributed by atoms with E-state index in [1.54, 1.807) is 12.1 Å². The maximum absolute atomic E-state index is 10.9. The maximum atomic E-state index is 10.9. The van der Waals surface area contributed by atoms with E-state index in [9.17, 15) is 4.91 Å². The summed E-state index contributed by atoms with van der Waals surface area (Å²) in [5, 5.41) is 3.07. The van der Waals surface area contributed by atoms with Crippen molar-refractivity contribution in [1.82, 2.24) is 9.55 Å². The van der Waals surface area contributed by atoms with E-state index in [0.29, 0.717) is 11.7 Å². The summed E-state index contributed by atoms with van der Waals surface area (Å²) >= 11 is 0. The maximum Gasteiger partial charge on any atom is 0.141 e. The summed E-state index contributed by atoms with van der Waals surface area (Å²) in [6, 6.07) is 14.2. The van der Waals surface area contributed by atoms with Crippen molar-refractivity contribution in [3.05, 3.63) is 47.4 Å². The lowest BCUT2D eigenvalue weighted by Crippen LogP contribution is -2.13. The predicted molar refractivity (Wildman–Crippen MR) is 109 cm³/mol. The van der Waals surface area contributed by atoms with Gasteiger partial charge in [-0.15, -0.1) is 4.91 Å². The highest BCUT2D eigenvalue weighted by Crippen LogP contribution is 2.37. The van der Waals surface area contributed by atoms with Gasteiger partial charge in [0.15, 0.2) is 0 Å². The second-order valence-electron chi connectivity index (χ2n) is 7.23. The van der Waals surface area contributed by atoms with E-state index < -0.39 is 0 Å². The fourth-order valence-corrected chi connectivity index (χ4v) is 3.98. The molecule has 1 fully saturated rings. The molecule has 4 rings (SSSR count). The van der Waals surface area contributed by atoms with Gasteiger partial charge in [-0.05, 0) is 66.9 Å². The Bertz CT molecular complexity index is 925. The standard InChI is InChI=1S/C22H25N3O2/c1-2-14-27-19-11-8-16(9-12-19)22-23-20-15-17(24-26)10-13-21(20)25(22)18-6-4-3-5-7-18/h8-13,15,18H,2-7,14H2,1H3. The first-order chi connectivity index (χ1) is 13.3. The van der Waals surface area contributed by atoms with Gasteiger partial charge >= 0.3 is 0 Å². The highest BCUT2D eigenvalue weighted by molar-refractivity contribution is 5.83. The molecule has 0 aliphatic heterocycles. The van der Waals surface area contributed by atoms with Crippen LogP contribution in [-0.4, -0.2) is 16.2 Å². The summed E-state index contributed by atoms with van der Waals surface area (Å²) in [6.07, 6.45) is 7.14. The predicted octanol–water partition coefficient (Wildman–Crippen LogP) is 6.40. The third-order valence-corrected chi connectivity index (χ3v) is 5.30. The van der Waals surface area contributed by atoms with Crippen LogP contribution < -0.4 is 4.74 Å². The third-order valence-electron chi connectivity index (χ3n) is 5.30. The average molecular weight is 363 g/mol. The molecule has 1 aliphatic carbocycles. The Morgan fingerprint density at radius 1 is 1.11 bits per heavy atom. The van der Waals surface area contributed by atoms with Crippen LogP contribution in [0.5, 0.6) is 5.75 Å². The third kappa shape index (κ3) is 3.59. The van der Waals surface area contributed by atoms with Crippen LogP contribution in [0.3, 0.4) is 0 Å². The molecule has 0 unspecified atom stereocenters. The molecule has 1 heterocycles. The zero-order valence-electron chi connectivity index (χ0n) is 15.7. The highest BCUT2D eigenvalue weighted by atomic mass is 16.5. The van der Waals surface area contributed by atoms with Crippen molar-refractivity contribution in [2.24, 2.45) is 5.18 Å². The number of benzene rings is 2. The number of hydrogen-bond donors (Lipinski definition) is 0. The average Bonchev–Trinajstić information content (AvgIpc) is 3.11. The smallest absolute Gasteiger partial charge is 0.141 e. The molecule has 0 spiro atoms. The van der Waals surface area contributed by atoms with Crippen LogP contribution >= 0.6 is 0 Å². The monoisotopic (exact) mass is 363 g/mol. The van der Waals surface area contributed by atoms with E-state index in [0.717, 1.165) is 41.2 Å². The van der Waals surface area contributed by atoms with Gasteiger partial charge in [-0.3, -0.25) is 0 Å². The van der Waals surface area contributed by atoms with Gasteiger partial charge in [-0.1, -0.05) is 26.2 Å².